The van der Waals surface area contributed by atoms with Crippen LogP contribution in [0.15, 0.2) is 30.3 Å². The molecule has 1 aliphatic heterocycles. The van der Waals surface area contributed by atoms with E-state index in [2.05, 4.69) is 16.8 Å². The number of rotatable bonds is 3. The van der Waals surface area contributed by atoms with Gasteiger partial charge in [-0.1, -0.05) is 44.2 Å². The van der Waals surface area contributed by atoms with Crippen LogP contribution in [0, 0.1) is 0 Å². The van der Waals surface area contributed by atoms with E-state index in [1.807, 2.05) is 44.2 Å². The number of piperazine rings is 1. The lowest BCUT2D eigenvalue weighted by atomic mass is 10.0. The summed E-state index contributed by atoms with van der Waals surface area (Å²) in [6, 6.07) is 10.0. The molecule has 0 saturated carbocycles. The average molecular weight is 262 g/mol. The SMILES string of the molecule is CC.CC(=O)C(c1ccccc1)N1CCN(C)CC1. The molecule has 1 aromatic rings. The fourth-order valence-corrected chi connectivity index (χ4v) is 2.42. The summed E-state index contributed by atoms with van der Waals surface area (Å²) in [7, 11) is 2.13. The third kappa shape index (κ3) is 4.44. The van der Waals surface area contributed by atoms with Crippen LogP contribution in [0.25, 0.3) is 0 Å². The van der Waals surface area contributed by atoms with E-state index >= 15 is 0 Å². The zero-order valence-electron chi connectivity index (χ0n) is 12.6. The zero-order valence-corrected chi connectivity index (χ0v) is 12.6. The van der Waals surface area contributed by atoms with Gasteiger partial charge in [-0.3, -0.25) is 9.69 Å². The highest BCUT2D eigenvalue weighted by atomic mass is 16.1. The molecule has 1 saturated heterocycles. The first kappa shape index (κ1) is 15.9. The molecule has 1 unspecified atom stereocenters. The third-order valence-corrected chi connectivity index (χ3v) is 3.40. The molecule has 0 spiro atoms. The van der Waals surface area contributed by atoms with Gasteiger partial charge in [0.25, 0.3) is 0 Å². The number of benzene rings is 1. The van der Waals surface area contributed by atoms with Crippen LogP contribution in [-0.4, -0.2) is 48.8 Å². The van der Waals surface area contributed by atoms with E-state index in [1.54, 1.807) is 6.92 Å². The van der Waals surface area contributed by atoms with Crippen LogP contribution >= 0.6 is 0 Å². The Hall–Kier alpha value is -1.19. The molecular weight excluding hydrogens is 236 g/mol. The van der Waals surface area contributed by atoms with E-state index in [0.29, 0.717) is 0 Å². The maximum Gasteiger partial charge on any atom is 0.151 e. The highest BCUT2D eigenvalue weighted by molar-refractivity contribution is 5.82. The Morgan fingerprint density at radius 2 is 1.58 bits per heavy atom. The van der Waals surface area contributed by atoms with Crippen molar-refractivity contribution in [3.05, 3.63) is 35.9 Å². The number of ketones is 1. The number of Topliss-reactive ketones (excluding diaryl/α,β-unsaturated/α-hetero) is 1. The summed E-state index contributed by atoms with van der Waals surface area (Å²) in [6.45, 7) is 9.70. The lowest BCUT2D eigenvalue weighted by Crippen LogP contribution is -2.47. The van der Waals surface area contributed by atoms with Crippen LogP contribution in [0.4, 0.5) is 0 Å². The average Bonchev–Trinajstić information content (AvgIpc) is 2.44. The van der Waals surface area contributed by atoms with Crippen molar-refractivity contribution in [1.82, 2.24) is 9.80 Å². The van der Waals surface area contributed by atoms with Crippen molar-refractivity contribution in [3.63, 3.8) is 0 Å². The van der Waals surface area contributed by atoms with Crippen molar-refractivity contribution < 1.29 is 4.79 Å². The molecule has 1 aromatic carbocycles. The Kier molecular flexibility index (Phi) is 6.74. The Morgan fingerprint density at radius 3 is 2.05 bits per heavy atom. The molecule has 1 heterocycles. The molecule has 2 rings (SSSR count). The van der Waals surface area contributed by atoms with Gasteiger partial charge in [0.15, 0.2) is 5.78 Å². The van der Waals surface area contributed by atoms with E-state index in [-0.39, 0.29) is 11.8 Å². The monoisotopic (exact) mass is 262 g/mol. The highest BCUT2D eigenvalue weighted by Crippen LogP contribution is 2.22. The van der Waals surface area contributed by atoms with Gasteiger partial charge in [-0.2, -0.15) is 0 Å². The fraction of sp³-hybridized carbons (Fsp3) is 0.562. The van der Waals surface area contributed by atoms with Crippen LogP contribution in [-0.2, 0) is 4.79 Å². The standard InChI is InChI=1S/C14H20N2O.C2H6/c1-12(17)14(13-6-4-3-5-7-13)16-10-8-15(2)9-11-16;1-2/h3-7,14H,8-11H2,1-2H3;1-2H3. The fourth-order valence-electron chi connectivity index (χ4n) is 2.42. The maximum absolute atomic E-state index is 11.9. The molecule has 3 heteroatoms. The molecular formula is C16H26N2O. The van der Waals surface area contributed by atoms with Gasteiger partial charge in [-0.15, -0.1) is 0 Å². The first-order chi connectivity index (χ1) is 9.18. The van der Waals surface area contributed by atoms with Crippen LogP contribution in [0.3, 0.4) is 0 Å². The van der Waals surface area contributed by atoms with E-state index in [9.17, 15) is 4.79 Å². The molecule has 0 aliphatic carbocycles. The molecule has 0 aromatic heterocycles. The summed E-state index contributed by atoms with van der Waals surface area (Å²) >= 11 is 0. The first-order valence-electron chi connectivity index (χ1n) is 7.16. The summed E-state index contributed by atoms with van der Waals surface area (Å²) in [5.41, 5.74) is 1.12. The molecule has 0 radical (unpaired) electrons. The first-order valence-corrected chi connectivity index (χ1v) is 7.16. The molecule has 3 nitrogen and oxygen atoms in total. The van der Waals surface area contributed by atoms with Gasteiger partial charge in [0.05, 0.1) is 6.04 Å². The minimum absolute atomic E-state index is 0.0649. The molecule has 1 atom stereocenters. The number of nitrogens with zero attached hydrogens (tertiary/aromatic N) is 2. The zero-order chi connectivity index (χ0) is 14.3. The third-order valence-electron chi connectivity index (χ3n) is 3.40. The lowest BCUT2D eigenvalue weighted by molar-refractivity contribution is -0.123. The Bertz CT molecular complexity index is 370. The predicted octanol–water partition coefficient (Wildman–Crippen LogP) is 2.59. The summed E-state index contributed by atoms with van der Waals surface area (Å²) in [5.74, 6) is 0.237. The quantitative estimate of drug-likeness (QED) is 0.836. The molecule has 106 valence electrons. The second-order valence-corrected chi connectivity index (χ2v) is 4.76. The van der Waals surface area contributed by atoms with Crippen molar-refractivity contribution in [2.75, 3.05) is 33.2 Å². The van der Waals surface area contributed by atoms with E-state index in [4.69, 9.17) is 0 Å². The molecule has 0 amide bonds. The Balaban J connectivity index is 0.000000861. The largest absolute Gasteiger partial charge is 0.304 e. The van der Waals surface area contributed by atoms with Crippen molar-refractivity contribution in [1.29, 1.82) is 0 Å². The highest BCUT2D eigenvalue weighted by Gasteiger charge is 2.26. The molecule has 1 fully saturated rings. The smallest absolute Gasteiger partial charge is 0.151 e. The second-order valence-electron chi connectivity index (χ2n) is 4.76. The van der Waals surface area contributed by atoms with Gasteiger partial charge in [-0.25, -0.2) is 0 Å². The summed E-state index contributed by atoms with van der Waals surface area (Å²) in [4.78, 5) is 16.5. The van der Waals surface area contributed by atoms with Crippen molar-refractivity contribution >= 4 is 5.78 Å². The minimum atomic E-state index is -0.0649. The van der Waals surface area contributed by atoms with Gasteiger partial charge in [0.2, 0.25) is 0 Å². The number of likely N-dealkylation sites (N-methyl/N-ethyl adjacent to an activating group) is 1. The summed E-state index contributed by atoms with van der Waals surface area (Å²) in [6.07, 6.45) is 0. The number of hydrogen-bond donors (Lipinski definition) is 0. The maximum atomic E-state index is 11.9. The van der Waals surface area contributed by atoms with Gasteiger partial charge in [0.1, 0.15) is 0 Å². The Morgan fingerprint density at radius 1 is 1.05 bits per heavy atom. The molecule has 0 bridgehead atoms. The van der Waals surface area contributed by atoms with Gasteiger partial charge in [-0.05, 0) is 19.5 Å². The van der Waals surface area contributed by atoms with E-state index in [0.717, 1.165) is 31.7 Å². The predicted molar refractivity (Wildman–Crippen MR) is 80.3 cm³/mol. The number of hydrogen-bond acceptors (Lipinski definition) is 3. The van der Waals surface area contributed by atoms with Crippen molar-refractivity contribution in [3.8, 4) is 0 Å². The minimum Gasteiger partial charge on any atom is -0.304 e. The Labute approximate surface area is 117 Å². The van der Waals surface area contributed by atoms with Crippen LogP contribution < -0.4 is 0 Å². The summed E-state index contributed by atoms with van der Waals surface area (Å²) < 4.78 is 0. The van der Waals surface area contributed by atoms with Crippen LogP contribution in [0.2, 0.25) is 0 Å². The van der Waals surface area contributed by atoms with Crippen molar-refractivity contribution in [2.24, 2.45) is 0 Å². The normalized spacial score (nSPS) is 18.3. The van der Waals surface area contributed by atoms with Gasteiger partial charge in [0, 0.05) is 26.2 Å². The van der Waals surface area contributed by atoms with Crippen LogP contribution in [0.1, 0.15) is 32.4 Å². The van der Waals surface area contributed by atoms with Gasteiger partial charge >= 0.3 is 0 Å². The summed E-state index contributed by atoms with van der Waals surface area (Å²) in [5, 5.41) is 0. The topological polar surface area (TPSA) is 23.6 Å². The van der Waals surface area contributed by atoms with Crippen LogP contribution in [0.5, 0.6) is 0 Å². The van der Waals surface area contributed by atoms with Crippen molar-refractivity contribution in [2.45, 2.75) is 26.8 Å². The molecule has 0 N–H and O–H groups in total. The lowest BCUT2D eigenvalue weighted by Gasteiger charge is -2.37. The number of carbonyl (C=O) groups is 1. The van der Waals surface area contributed by atoms with E-state index < -0.39 is 0 Å². The van der Waals surface area contributed by atoms with E-state index in [1.165, 1.54) is 0 Å². The number of carbonyl (C=O) groups excluding carboxylic acids is 1. The molecule has 19 heavy (non-hydrogen) atoms. The second kappa shape index (κ2) is 8.08. The molecule has 1 aliphatic rings. The van der Waals surface area contributed by atoms with Gasteiger partial charge < -0.3 is 4.90 Å².